The summed E-state index contributed by atoms with van der Waals surface area (Å²) in [4.78, 5) is 36.8. The van der Waals surface area contributed by atoms with Crippen LogP contribution in [0.3, 0.4) is 0 Å². The minimum Gasteiger partial charge on any atom is -0.499 e. The average Bonchev–Trinajstić information content (AvgIpc) is 2.82. The van der Waals surface area contributed by atoms with Gasteiger partial charge in [0, 0.05) is 12.5 Å². The van der Waals surface area contributed by atoms with Crippen LogP contribution in [0.4, 0.5) is 0 Å². The van der Waals surface area contributed by atoms with Crippen LogP contribution < -0.4 is 5.32 Å². The quantitative estimate of drug-likeness (QED) is 0.724. The molecule has 0 saturated carbocycles. The Balaban J connectivity index is 2.79. The van der Waals surface area contributed by atoms with E-state index < -0.39 is 21.6 Å². The van der Waals surface area contributed by atoms with Crippen molar-refractivity contribution in [2.75, 3.05) is 13.7 Å². The van der Waals surface area contributed by atoms with Crippen molar-refractivity contribution in [3.05, 3.63) is 11.8 Å². The van der Waals surface area contributed by atoms with Crippen molar-refractivity contribution in [2.45, 2.75) is 36.0 Å². The summed E-state index contributed by atoms with van der Waals surface area (Å²) in [6, 6.07) is -0.934. The molecule has 6 nitrogen and oxygen atoms in total. The molecule has 124 valence electrons. The minimum atomic E-state index is -1.54. The summed E-state index contributed by atoms with van der Waals surface area (Å²) in [6.07, 6.45) is 1.59. The summed E-state index contributed by atoms with van der Waals surface area (Å²) in [6.45, 7) is 1.68. The third kappa shape index (κ3) is 5.66. The van der Waals surface area contributed by atoms with Crippen molar-refractivity contribution in [3.63, 3.8) is 0 Å². The zero-order chi connectivity index (χ0) is 16.9. The number of imide groups is 1. The first kappa shape index (κ1) is 19.1. The van der Waals surface area contributed by atoms with E-state index in [4.69, 9.17) is 39.5 Å². The van der Waals surface area contributed by atoms with E-state index in [-0.39, 0.29) is 31.7 Å². The van der Waals surface area contributed by atoms with E-state index >= 15 is 0 Å². The predicted octanol–water partition coefficient (Wildman–Crippen LogP) is 1.93. The highest BCUT2D eigenvalue weighted by molar-refractivity contribution is 6.67. The topological polar surface area (TPSA) is 75.7 Å². The zero-order valence-electron chi connectivity index (χ0n) is 12.2. The summed E-state index contributed by atoms with van der Waals surface area (Å²) < 4.78 is 3.41. The summed E-state index contributed by atoms with van der Waals surface area (Å²) in [5, 5.41) is 2.55. The Morgan fingerprint density at radius 1 is 1.45 bits per heavy atom. The predicted molar refractivity (Wildman–Crippen MR) is 83.6 cm³/mol. The minimum absolute atomic E-state index is 0.0282. The fraction of sp³-hybridized carbons (Fsp3) is 0.615. The number of carbonyl (C=O) groups is 3. The van der Waals surface area contributed by atoms with Crippen LogP contribution >= 0.6 is 34.8 Å². The van der Waals surface area contributed by atoms with Gasteiger partial charge in [0.05, 0.1) is 13.7 Å². The van der Waals surface area contributed by atoms with Crippen molar-refractivity contribution in [1.82, 2.24) is 10.2 Å². The van der Waals surface area contributed by atoms with Crippen LogP contribution in [0, 0.1) is 0 Å². The van der Waals surface area contributed by atoms with Gasteiger partial charge in [0.25, 0.3) is 11.8 Å². The molecule has 9 heteroatoms. The number of hydrogen-bond acceptors (Lipinski definition) is 4. The second-order valence-electron chi connectivity index (χ2n) is 4.70. The fourth-order valence-electron chi connectivity index (χ4n) is 1.85. The Morgan fingerprint density at radius 2 is 2.09 bits per heavy atom. The first-order valence-electron chi connectivity index (χ1n) is 6.64. The molecule has 0 aromatic heterocycles. The molecular formula is C13H17Cl3N2O4. The molecule has 1 rings (SSSR count). The Bertz CT molecular complexity index is 488. The lowest BCUT2D eigenvalue weighted by Crippen LogP contribution is -2.49. The Kier molecular flexibility index (Phi) is 6.97. The van der Waals surface area contributed by atoms with Crippen LogP contribution in [-0.4, -0.2) is 46.1 Å². The maximum atomic E-state index is 12.5. The number of nitrogens with zero attached hydrogens (tertiary/aromatic N) is 1. The van der Waals surface area contributed by atoms with E-state index in [1.165, 1.54) is 13.2 Å². The molecule has 0 aromatic carbocycles. The number of amides is 3. The summed E-state index contributed by atoms with van der Waals surface area (Å²) in [5.74, 6) is -0.995. The van der Waals surface area contributed by atoms with Gasteiger partial charge in [-0.3, -0.25) is 19.3 Å². The third-order valence-corrected chi connectivity index (χ3v) is 3.63. The molecule has 0 spiro atoms. The highest BCUT2D eigenvalue weighted by Gasteiger charge is 2.34. The van der Waals surface area contributed by atoms with E-state index in [1.54, 1.807) is 6.92 Å². The number of alkyl halides is 3. The lowest BCUT2D eigenvalue weighted by Gasteiger charge is -2.24. The molecular weight excluding hydrogens is 355 g/mol. The van der Waals surface area contributed by atoms with Crippen LogP contribution in [0.25, 0.3) is 0 Å². The largest absolute Gasteiger partial charge is 0.499 e. The van der Waals surface area contributed by atoms with Crippen molar-refractivity contribution in [3.8, 4) is 0 Å². The molecule has 0 radical (unpaired) electrons. The lowest BCUT2D eigenvalue weighted by atomic mass is 10.1. The molecule has 1 aliphatic rings. The van der Waals surface area contributed by atoms with Gasteiger partial charge in [-0.15, -0.1) is 0 Å². The number of carbonyl (C=O) groups excluding carboxylic acids is 3. The van der Waals surface area contributed by atoms with Crippen molar-refractivity contribution in [2.24, 2.45) is 0 Å². The number of rotatable bonds is 6. The number of halogens is 3. The van der Waals surface area contributed by atoms with Crippen molar-refractivity contribution < 1.29 is 19.1 Å². The fourth-order valence-corrected chi connectivity index (χ4v) is 2.18. The van der Waals surface area contributed by atoms with Gasteiger partial charge < -0.3 is 10.1 Å². The van der Waals surface area contributed by atoms with Gasteiger partial charge in [-0.2, -0.15) is 0 Å². The van der Waals surface area contributed by atoms with Crippen molar-refractivity contribution >= 4 is 52.5 Å². The van der Waals surface area contributed by atoms with Crippen LogP contribution in [0.15, 0.2) is 11.8 Å². The van der Waals surface area contributed by atoms with Gasteiger partial charge in [-0.05, 0) is 12.8 Å². The Hall–Kier alpha value is -0.980. The molecule has 1 heterocycles. The molecule has 3 amide bonds. The molecule has 0 saturated heterocycles. The van der Waals surface area contributed by atoms with Gasteiger partial charge in [-0.1, -0.05) is 41.7 Å². The lowest BCUT2D eigenvalue weighted by molar-refractivity contribution is -0.143. The summed E-state index contributed by atoms with van der Waals surface area (Å²) >= 11 is 17.0. The number of hydrogen-bond donors (Lipinski definition) is 1. The smallest absolute Gasteiger partial charge is 0.257 e. The third-order valence-electron chi connectivity index (χ3n) is 3.06. The number of methoxy groups -OCH3 is 1. The second-order valence-corrected chi connectivity index (χ2v) is 7.22. The SMILES string of the molecule is CCC(=O)N[C@H](CCC(Cl)(Cl)Cl)C(=O)N1CC(OC)=CC1=O. The van der Waals surface area contributed by atoms with E-state index in [0.717, 1.165) is 4.90 Å². The van der Waals surface area contributed by atoms with Crippen LogP contribution in [0.5, 0.6) is 0 Å². The monoisotopic (exact) mass is 370 g/mol. The van der Waals surface area contributed by atoms with Crippen LogP contribution in [0.2, 0.25) is 0 Å². The number of ether oxygens (including phenoxy) is 1. The normalized spacial score (nSPS) is 16.3. The maximum absolute atomic E-state index is 12.5. The summed E-state index contributed by atoms with van der Waals surface area (Å²) in [5.41, 5.74) is 0. The first-order chi connectivity index (χ1) is 10.2. The van der Waals surface area contributed by atoms with Crippen molar-refractivity contribution in [1.29, 1.82) is 0 Å². The van der Waals surface area contributed by atoms with Gasteiger partial charge in [0.1, 0.15) is 11.8 Å². The summed E-state index contributed by atoms with van der Waals surface area (Å²) in [7, 11) is 1.41. The highest BCUT2D eigenvalue weighted by atomic mass is 35.6. The molecule has 1 atom stereocenters. The molecule has 0 fully saturated rings. The standard InChI is InChI=1S/C13H17Cl3N2O4/c1-3-10(19)17-9(4-5-13(14,15)16)12(21)18-7-8(22-2)6-11(18)20/h6,9H,3-5,7H2,1-2H3,(H,17,19)/t9-/m1/s1. The maximum Gasteiger partial charge on any atom is 0.257 e. The Morgan fingerprint density at radius 3 is 2.55 bits per heavy atom. The Labute approximate surface area is 143 Å². The first-order valence-corrected chi connectivity index (χ1v) is 7.77. The van der Waals surface area contributed by atoms with Gasteiger partial charge in [0.2, 0.25) is 5.91 Å². The van der Waals surface area contributed by atoms with E-state index in [1.807, 2.05) is 0 Å². The highest BCUT2D eigenvalue weighted by Crippen LogP contribution is 2.32. The van der Waals surface area contributed by atoms with E-state index in [9.17, 15) is 14.4 Å². The van der Waals surface area contributed by atoms with Crippen LogP contribution in [-0.2, 0) is 19.1 Å². The zero-order valence-corrected chi connectivity index (χ0v) is 14.5. The molecule has 1 aliphatic heterocycles. The van der Waals surface area contributed by atoms with E-state index in [0.29, 0.717) is 5.76 Å². The molecule has 0 aromatic rings. The number of nitrogens with one attached hydrogen (secondary N) is 1. The second kappa shape index (κ2) is 8.04. The molecule has 22 heavy (non-hydrogen) atoms. The molecule has 0 aliphatic carbocycles. The van der Waals surface area contributed by atoms with Gasteiger partial charge in [0.15, 0.2) is 3.79 Å². The van der Waals surface area contributed by atoms with E-state index in [2.05, 4.69) is 5.32 Å². The molecule has 0 bridgehead atoms. The molecule has 0 unspecified atom stereocenters. The molecule has 1 N–H and O–H groups in total. The van der Waals surface area contributed by atoms with Crippen LogP contribution in [0.1, 0.15) is 26.2 Å². The van der Waals surface area contributed by atoms with Gasteiger partial charge >= 0.3 is 0 Å². The average molecular weight is 372 g/mol. The van der Waals surface area contributed by atoms with Gasteiger partial charge in [-0.25, -0.2) is 0 Å².